The summed E-state index contributed by atoms with van der Waals surface area (Å²) < 4.78 is 11.6. The highest BCUT2D eigenvalue weighted by Crippen LogP contribution is 2.30. The molecule has 3 aromatic carbocycles. The first-order valence-corrected chi connectivity index (χ1v) is 16.6. The number of benzene rings is 3. The number of rotatable bonds is 7. The van der Waals surface area contributed by atoms with E-state index in [0.717, 1.165) is 41.5 Å². The number of ether oxygens (including phenoxy) is 1. The van der Waals surface area contributed by atoms with Gasteiger partial charge in [-0.1, -0.05) is 134 Å². The highest BCUT2D eigenvalue weighted by molar-refractivity contribution is 5.98. The van der Waals surface area contributed by atoms with Crippen LogP contribution in [0.15, 0.2) is 111 Å². The maximum absolute atomic E-state index is 6.05. The van der Waals surface area contributed by atoms with Crippen LogP contribution in [0.4, 0.5) is 0 Å². The van der Waals surface area contributed by atoms with Crippen LogP contribution in [0.3, 0.4) is 0 Å². The van der Waals surface area contributed by atoms with Gasteiger partial charge in [0.25, 0.3) is 0 Å². The number of aromatic nitrogens is 2. The molecule has 0 saturated carbocycles. The number of methoxy groups -OCH3 is 1. The van der Waals surface area contributed by atoms with Crippen LogP contribution in [-0.2, 0) is 15.6 Å². The molecule has 0 aliphatic heterocycles. The lowest BCUT2D eigenvalue weighted by molar-refractivity contribution is 0.402. The molecular weight excluding hydrogens is 580 g/mol. The van der Waals surface area contributed by atoms with E-state index in [2.05, 4.69) is 123 Å². The molecule has 6 heteroatoms. The third-order valence-corrected chi connectivity index (χ3v) is 8.12. The predicted molar refractivity (Wildman–Crippen MR) is 198 cm³/mol. The van der Waals surface area contributed by atoms with Crippen LogP contribution in [0.25, 0.3) is 17.0 Å². The third-order valence-electron chi connectivity index (χ3n) is 8.12. The van der Waals surface area contributed by atoms with Crippen LogP contribution in [0.5, 0.6) is 0 Å². The summed E-state index contributed by atoms with van der Waals surface area (Å²) in [4.78, 5) is 0. The molecule has 0 amide bonds. The fraction of sp³-hybridized carbons (Fsp3) is 0.366. The summed E-state index contributed by atoms with van der Waals surface area (Å²) in [6.45, 7) is 19.4. The highest BCUT2D eigenvalue weighted by atomic mass is 16.5. The Morgan fingerprint density at radius 1 is 0.851 bits per heavy atom. The molecule has 1 aromatic heterocycles. The van der Waals surface area contributed by atoms with Gasteiger partial charge in [-0.2, -0.15) is 5.10 Å². The van der Waals surface area contributed by atoms with Gasteiger partial charge < -0.3 is 9.15 Å². The normalized spacial score (nSPS) is 13.5. The molecule has 4 aromatic rings. The van der Waals surface area contributed by atoms with Crippen LogP contribution in [0.2, 0.25) is 0 Å². The van der Waals surface area contributed by atoms with Crippen molar-refractivity contribution in [3.8, 4) is 11.5 Å². The Kier molecular flexibility index (Phi) is 13.6. The second-order valence-electron chi connectivity index (χ2n) is 13.0. The van der Waals surface area contributed by atoms with E-state index in [1.165, 1.54) is 16.7 Å². The van der Waals surface area contributed by atoms with Gasteiger partial charge in [0.05, 0.1) is 13.3 Å². The largest absolute Gasteiger partial charge is 0.480 e. The number of hydrogen-bond acceptors (Lipinski definition) is 6. The molecule has 248 valence electrons. The Hall–Kier alpha value is -4.58. The van der Waals surface area contributed by atoms with Gasteiger partial charge in [0.1, 0.15) is 0 Å². The molecule has 1 aliphatic rings. The average Bonchev–Trinajstić information content (AvgIpc) is 3.59. The topological polar surface area (TPSA) is 72.9 Å². The van der Waals surface area contributed by atoms with Crippen LogP contribution in [-0.4, -0.2) is 29.4 Å². The Labute approximate surface area is 282 Å². The Bertz CT molecular complexity index is 1650. The van der Waals surface area contributed by atoms with Crippen molar-refractivity contribution in [1.29, 1.82) is 0 Å². The monoisotopic (exact) mass is 632 g/mol. The lowest BCUT2D eigenvalue weighted by Gasteiger charge is -2.23. The zero-order valence-corrected chi connectivity index (χ0v) is 30.0. The third kappa shape index (κ3) is 10.7. The lowest BCUT2D eigenvalue weighted by atomic mass is 9.82. The number of allylic oxidation sites excluding steroid dienone is 2. The van der Waals surface area contributed by atoms with Crippen molar-refractivity contribution >= 4 is 17.7 Å². The second-order valence-corrected chi connectivity index (χ2v) is 13.0. The molecule has 0 atom stereocenters. The molecule has 0 radical (unpaired) electrons. The molecule has 47 heavy (non-hydrogen) atoms. The molecule has 0 bridgehead atoms. The maximum atomic E-state index is 6.05. The fourth-order valence-electron chi connectivity index (χ4n) is 4.73. The first-order valence-electron chi connectivity index (χ1n) is 16.6. The van der Waals surface area contributed by atoms with E-state index in [0.29, 0.717) is 17.7 Å². The van der Waals surface area contributed by atoms with E-state index >= 15 is 0 Å². The molecule has 0 fully saturated rings. The van der Waals surface area contributed by atoms with Gasteiger partial charge >= 0.3 is 0 Å². The van der Waals surface area contributed by atoms with Crippen molar-refractivity contribution in [2.45, 2.75) is 92.4 Å². The predicted octanol–water partition coefficient (Wildman–Crippen LogP) is 10.9. The fourth-order valence-corrected chi connectivity index (χ4v) is 4.73. The van der Waals surface area contributed by atoms with Gasteiger partial charge in [0.15, 0.2) is 0 Å². The zero-order chi connectivity index (χ0) is 34.5. The smallest absolute Gasteiger partial charge is 0.248 e. The maximum Gasteiger partial charge on any atom is 0.248 e. The minimum absolute atomic E-state index is 0.0926. The van der Waals surface area contributed by atoms with Crippen LogP contribution < -0.4 is 0 Å². The molecule has 1 aliphatic carbocycles. The standard InChI is InChI=1S/C32H38N4O2.C7H8.C2H6/c1-8-32(5,6)27-16-12-22(13-17-27)21-33-34-28(37-7)24-10-9-11-25(20-24)30-36-35-29(38-30)23-14-18-26(19-15-23)31(2,3)4;1-7-5-3-2-4-6-7;1-2/h10,12-21H,8-9,11H2,1-7H3;2-6H,1H3;1-2H3/b33-21+,34-28-;;. The van der Waals surface area contributed by atoms with Crippen molar-refractivity contribution in [2.24, 2.45) is 10.2 Å². The molecular formula is C41H52N4O2. The van der Waals surface area contributed by atoms with Gasteiger partial charge in [0, 0.05) is 16.7 Å². The van der Waals surface area contributed by atoms with E-state index < -0.39 is 0 Å². The summed E-state index contributed by atoms with van der Waals surface area (Å²) in [7, 11) is 1.60. The number of nitrogens with zero attached hydrogens (tertiary/aromatic N) is 4. The van der Waals surface area contributed by atoms with Crippen molar-refractivity contribution in [2.75, 3.05) is 7.11 Å². The van der Waals surface area contributed by atoms with Gasteiger partial charge in [-0.15, -0.1) is 15.3 Å². The highest BCUT2D eigenvalue weighted by Gasteiger charge is 2.19. The summed E-state index contributed by atoms with van der Waals surface area (Å²) in [5, 5.41) is 17.2. The molecule has 0 unspecified atom stereocenters. The van der Waals surface area contributed by atoms with Crippen LogP contribution in [0, 0.1) is 6.92 Å². The van der Waals surface area contributed by atoms with E-state index in [-0.39, 0.29) is 10.8 Å². The lowest BCUT2D eigenvalue weighted by Crippen LogP contribution is -2.15. The summed E-state index contributed by atoms with van der Waals surface area (Å²) in [5.74, 6) is 1.47. The van der Waals surface area contributed by atoms with Gasteiger partial charge in [-0.3, -0.25) is 0 Å². The molecule has 1 heterocycles. The van der Waals surface area contributed by atoms with Crippen molar-refractivity contribution in [3.05, 3.63) is 125 Å². The van der Waals surface area contributed by atoms with E-state index in [1.807, 2.05) is 50.3 Å². The van der Waals surface area contributed by atoms with Gasteiger partial charge in [0.2, 0.25) is 17.7 Å². The first-order chi connectivity index (χ1) is 22.5. The minimum atomic E-state index is 0.0926. The van der Waals surface area contributed by atoms with Crippen molar-refractivity contribution < 1.29 is 9.15 Å². The molecule has 0 N–H and O–H groups in total. The second kappa shape index (κ2) is 17.4. The summed E-state index contributed by atoms with van der Waals surface area (Å²) in [6.07, 6.45) is 8.52. The molecule has 0 saturated heterocycles. The van der Waals surface area contributed by atoms with E-state index in [1.54, 1.807) is 13.3 Å². The Morgan fingerprint density at radius 3 is 2.02 bits per heavy atom. The van der Waals surface area contributed by atoms with Crippen molar-refractivity contribution in [1.82, 2.24) is 10.2 Å². The number of hydrogen-bond donors (Lipinski definition) is 0. The van der Waals surface area contributed by atoms with Crippen molar-refractivity contribution in [3.63, 3.8) is 0 Å². The molecule has 6 nitrogen and oxygen atoms in total. The minimum Gasteiger partial charge on any atom is -0.480 e. The average molecular weight is 633 g/mol. The Balaban J connectivity index is 0.000000582. The van der Waals surface area contributed by atoms with E-state index in [4.69, 9.17) is 9.15 Å². The summed E-state index contributed by atoms with van der Waals surface area (Å²) >= 11 is 0. The number of aryl methyl sites for hydroxylation is 1. The molecule has 5 rings (SSSR count). The van der Waals surface area contributed by atoms with Crippen LogP contribution >= 0.6 is 0 Å². The first kappa shape index (κ1) is 36.9. The SMILES string of the molecule is CC.CCC(C)(C)c1ccc(/C=N/N=C(\OC)C2=CCCC(c3nnc(-c4ccc(C(C)(C)C)cc4)o3)=C2)cc1.Cc1ccccc1. The molecule has 0 spiro atoms. The quantitative estimate of drug-likeness (QED) is 0.115. The summed E-state index contributed by atoms with van der Waals surface area (Å²) in [5.41, 5.74) is 7.84. The van der Waals surface area contributed by atoms with Gasteiger partial charge in [-0.25, -0.2) is 0 Å². The van der Waals surface area contributed by atoms with Gasteiger partial charge in [-0.05, 0) is 71.9 Å². The van der Waals surface area contributed by atoms with Crippen LogP contribution in [0.1, 0.15) is 103 Å². The Morgan fingerprint density at radius 2 is 1.47 bits per heavy atom. The summed E-state index contributed by atoms with van der Waals surface area (Å²) in [6, 6.07) is 27.0. The zero-order valence-electron chi connectivity index (χ0n) is 30.0. The van der Waals surface area contributed by atoms with E-state index in [9.17, 15) is 0 Å².